The van der Waals surface area contributed by atoms with Gasteiger partial charge in [0.1, 0.15) is 6.17 Å². The second kappa shape index (κ2) is 2.96. The van der Waals surface area contributed by atoms with Crippen LogP contribution >= 0.6 is 11.3 Å². The standard InChI is InChI=1S/C10H5FS/c11-6-4-8-2-1-3-9-5-7-12-10(8)9/h1-3,5,7H. The largest absolute Gasteiger partial charge is 0.144 e. The van der Waals surface area contributed by atoms with Crippen molar-refractivity contribution in [1.29, 1.82) is 0 Å². The molecule has 12 heavy (non-hydrogen) atoms. The highest BCUT2D eigenvalue weighted by atomic mass is 32.1. The van der Waals surface area contributed by atoms with Gasteiger partial charge in [0, 0.05) is 10.3 Å². The van der Waals surface area contributed by atoms with E-state index >= 15 is 0 Å². The van der Waals surface area contributed by atoms with Crippen LogP contribution in [0.15, 0.2) is 29.6 Å². The molecule has 2 heteroatoms. The summed E-state index contributed by atoms with van der Waals surface area (Å²) in [6.45, 7) is 0. The summed E-state index contributed by atoms with van der Waals surface area (Å²) < 4.78 is 12.8. The topological polar surface area (TPSA) is 0 Å². The molecule has 0 nitrogen and oxygen atoms in total. The van der Waals surface area contributed by atoms with Gasteiger partial charge < -0.3 is 0 Å². The Hall–Kier alpha value is -1.33. The van der Waals surface area contributed by atoms with Gasteiger partial charge in [-0.3, -0.25) is 0 Å². The van der Waals surface area contributed by atoms with Crippen molar-refractivity contribution >= 4 is 21.4 Å². The Morgan fingerprint density at radius 3 is 3.00 bits per heavy atom. The molecular formula is C10H5FS. The lowest BCUT2D eigenvalue weighted by Gasteiger charge is -1.91. The molecule has 0 radical (unpaired) electrons. The lowest BCUT2D eigenvalue weighted by atomic mass is 10.2. The Morgan fingerprint density at radius 2 is 2.17 bits per heavy atom. The van der Waals surface area contributed by atoms with Crippen molar-refractivity contribution in [3.63, 3.8) is 0 Å². The second-order valence-corrected chi connectivity index (χ2v) is 3.28. The fraction of sp³-hybridized carbons (Fsp3) is 0. The van der Waals surface area contributed by atoms with E-state index in [4.69, 9.17) is 0 Å². The van der Waals surface area contributed by atoms with Crippen molar-refractivity contribution in [2.75, 3.05) is 0 Å². The number of hydrogen-bond donors (Lipinski definition) is 0. The fourth-order valence-electron chi connectivity index (χ4n) is 1.14. The van der Waals surface area contributed by atoms with Crippen LogP contribution in [-0.2, 0) is 0 Å². The molecule has 1 heterocycles. The summed E-state index contributed by atoms with van der Waals surface area (Å²) in [5.41, 5.74) is 0.769. The van der Waals surface area contributed by atoms with E-state index in [1.807, 2.05) is 29.6 Å². The summed E-state index contributed by atoms with van der Waals surface area (Å²) >= 11 is 1.58. The van der Waals surface area contributed by atoms with E-state index < -0.39 is 0 Å². The molecule has 0 saturated heterocycles. The van der Waals surface area contributed by atoms with Crippen LogP contribution in [-0.4, -0.2) is 0 Å². The fourth-order valence-corrected chi connectivity index (χ4v) is 2.01. The summed E-state index contributed by atoms with van der Waals surface area (Å²) in [7, 11) is 0. The third kappa shape index (κ3) is 1.09. The van der Waals surface area contributed by atoms with Crippen LogP contribution in [0.25, 0.3) is 10.1 Å². The molecule has 1 aromatic carbocycles. The monoisotopic (exact) mass is 176 g/mol. The Balaban J connectivity index is 2.79. The molecule has 58 valence electrons. The molecule has 1 aromatic heterocycles. The van der Waals surface area contributed by atoms with Gasteiger partial charge in [0.2, 0.25) is 0 Å². The quantitative estimate of drug-likeness (QED) is 0.541. The number of thiophene rings is 1. The van der Waals surface area contributed by atoms with Gasteiger partial charge in [-0.2, -0.15) is 0 Å². The van der Waals surface area contributed by atoms with Crippen molar-refractivity contribution in [2.24, 2.45) is 0 Å². The smallest absolute Gasteiger partial charge is 0.111 e. The summed E-state index contributed by atoms with van der Waals surface area (Å²) in [5.74, 6) is 2.43. The van der Waals surface area contributed by atoms with Crippen molar-refractivity contribution in [2.45, 2.75) is 0 Å². The summed E-state index contributed by atoms with van der Waals surface area (Å²) in [6.07, 6.45) is 1.42. The molecule has 0 bridgehead atoms. The Bertz CT molecular complexity index is 459. The molecule has 0 unspecified atom stereocenters. The predicted octanol–water partition coefficient (Wildman–Crippen LogP) is 3.18. The Kier molecular flexibility index (Phi) is 1.81. The first kappa shape index (κ1) is 7.33. The molecule has 0 aliphatic heterocycles. The molecule has 0 saturated carbocycles. The van der Waals surface area contributed by atoms with E-state index in [0.29, 0.717) is 0 Å². The van der Waals surface area contributed by atoms with Crippen LogP contribution in [0.5, 0.6) is 0 Å². The maximum absolute atomic E-state index is 11.8. The SMILES string of the molecule is FC#Cc1cccc2ccsc12. The molecule has 0 aliphatic rings. The molecule has 0 N–H and O–H groups in total. The number of halogens is 1. The second-order valence-electron chi connectivity index (χ2n) is 2.36. The first-order valence-electron chi connectivity index (χ1n) is 3.49. The Morgan fingerprint density at radius 1 is 1.25 bits per heavy atom. The van der Waals surface area contributed by atoms with Gasteiger partial charge in [0.25, 0.3) is 0 Å². The molecule has 0 fully saturated rings. The zero-order valence-electron chi connectivity index (χ0n) is 6.17. The van der Waals surface area contributed by atoms with Gasteiger partial charge >= 0.3 is 0 Å². The zero-order chi connectivity index (χ0) is 8.39. The van der Waals surface area contributed by atoms with Gasteiger partial charge in [-0.15, -0.1) is 15.7 Å². The lowest BCUT2D eigenvalue weighted by molar-refractivity contribution is 0.774. The molecule has 2 rings (SSSR count). The average Bonchev–Trinajstić information content (AvgIpc) is 2.53. The first-order valence-corrected chi connectivity index (χ1v) is 4.37. The normalized spacial score (nSPS) is 9.42. The van der Waals surface area contributed by atoms with E-state index in [2.05, 4.69) is 5.92 Å². The summed E-state index contributed by atoms with van der Waals surface area (Å²) in [4.78, 5) is 0. The van der Waals surface area contributed by atoms with Gasteiger partial charge in [-0.05, 0) is 28.8 Å². The third-order valence-electron chi connectivity index (χ3n) is 1.66. The average molecular weight is 176 g/mol. The number of rotatable bonds is 0. The lowest BCUT2D eigenvalue weighted by Crippen LogP contribution is -1.71. The minimum atomic E-state index is 0.769. The molecule has 0 spiro atoms. The maximum Gasteiger partial charge on any atom is 0.111 e. The van der Waals surface area contributed by atoms with E-state index in [1.165, 1.54) is 6.17 Å². The minimum Gasteiger partial charge on any atom is -0.144 e. The summed E-state index contributed by atoms with van der Waals surface area (Å²) in [5, 5.41) is 3.11. The van der Waals surface area contributed by atoms with Crippen LogP contribution in [0.1, 0.15) is 5.56 Å². The van der Waals surface area contributed by atoms with Crippen molar-refractivity contribution in [3.8, 4) is 12.1 Å². The molecular weight excluding hydrogens is 171 g/mol. The Labute approximate surface area is 73.6 Å². The van der Waals surface area contributed by atoms with Crippen LogP contribution in [0.4, 0.5) is 4.39 Å². The molecule has 0 amide bonds. The van der Waals surface area contributed by atoms with E-state index in [-0.39, 0.29) is 0 Å². The van der Waals surface area contributed by atoms with Gasteiger partial charge in [-0.25, -0.2) is 0 Å². The van der Waals surface area contributed by atoms with Crippen molar-refractivity contribution < 1.29 is 4.39 Å². The van der Waals surface area contributed by atoms with E-state index in [9.17, 15) is 4.39 Å². The number of fused-ring (bicyclic) bond motifs is 1. The predicted molar refractivity (Wildman–Crippen MR) is 49.8 cm³/mol. The number of benzene rings is 1. The minimum absolute atomic E-state index is 0.769. The van der Waals surface area contributed by atoms with Gasteiger partial charge in [0.05, 0.1) is 0 Å². The van der Waals surface area contributed by atoms with Crippen LogP contribution in [0.2, 0.25) is 0 Å². The number of hydrogen-bond acceptors (Lipinski definition) is 1. The highest BCUT2D eigenvalue weighted by molar-refractivity contribution is 7.17. The zero-order valence-corrected chi connectivity index (χ0v) is 6.99. The third-order valence-corrected chi connectivity index (χ3v) is 2.62. The van der Waals surface area contributed by atoms with Crippen LogP contribution in [0.3, 0.4) is 0 Å². The van der Waals surface area contributed by atoms with Crippen LogP contribution in [0, 0.1) is 12.1 Å². The maximum atomic E-state index is 11.8. The van der Waals surface area contributed by atoms with Gasteiger partial charge in [-0.1, -0.05) is 12.1 Å². The molecule has 0 atom stereocenters. The van der Waals surface area contributed by atoms with Crippen LogP contribution < -0.4 is 0 Å². The molecule has 0 aliphatic carbocycles. The molecule has 2 aromatic rings. The van der Waals surface area contributed by atoms with Crippen molar-refractivity contribution in [1.82, 2.24) is 0 Å². The highest BCUT2D eigenvalue weighted by Gasteiger charge is 1.97. The first-order chi connectivity index (χ1) is 5.92. The van der Waals surface area contributed by atoms with E-state index in [1.54, 1.807) is 11.3 Å². The van der Waals surface area contributed by atoms with Crippen molar-refractivity contribution in [3.05, 3.63) is 35.2 Å². The van der Waals surface area contributed by atoms with Gasteiger partial charge in [0.15, 0.2) is 0 Å². The van der Waals surface area contributed by atoms with E-state index in [0.717, 1.165) is 15.6 Å². The highest BCUT2D eigenvalue weighted by Crippen LogP contribution is 2.23. The summed E-state index contributed by atoms with van der Waals surface area (Å²) in [6, 6.07) is 7.71.